The molecule has 20 heavy (non-hydrogen) atoms. The summed E-state index contributed by atoms with van der Waals surface area (Å²) in [6, 6.07) is 0.571. The summed E-state index contributed by atoms with van der Waals surface area (Å²) in [5.74, 6) is -2.81. The van der Waals surface area contributed by atoms with E-state index < -0.39 is 23.5 Å². The smallest absolute Gasteiger partial charge is 0.134 e. The zero-order valence-corrected chi connectivity index (χ0v) is 11.2. The van der Waals surface area contributed by atoms with Gasteiger partial charge in [0.2, 0.25) is 0 Å². The lowest BCUT2D eigenvalue weighted by atomic mass is 10.0. The third-order valence-electron chi connectivity index (χ3n) is 2.98. The predicted octanol–water partition coefficient (Wildman–Crippen LogP) is 2.32. The average molecular weight is 284 g/mol. The average Bonchev–Trinajstić information content (AvgIpc) is 2.78. The van der Waals surface area contributed by atoms with E-state index in [1.165, 1.54) is 10.9 Å². The van der Waals surface area contributed by atoms with E-state index in [9.17, 15) is 13.2 Å². The van der Waals surface area contributed by atoms with Gasteiger partial charge in [-0.3, -0.25) is 4.68 Å². The number of aromatic nitrogens is 3. The fourth-order valence-electron chi connectivity index (χ4n) is 2.03. The van der Waals surface area contributed by atoms with Crippen molar-refractivity contribution in [1.29, 1.82) is 0 Å². The molecule has 2 aromatic rings. The molecule has 2 rings (SSSR count). The van der Waals surface area contributed by atoms with Crippen LogP contribution in [-0.2, 0) is 7.05 Å². The molecule has 0 radical (unpaired) electrons. The third kappa shape index (κ3) is 2.82. The van der Waals surface area contributed by atoms with E-state index in [0.29, 0.717) is 24.4 Å². The second kappa shape index (κ2) is 6.04. The van der Waals surface area contributed by atoms with Gasteiger partial charge in [-0.25, -0.2) is 13.2 Å². The van der Waals surface area contributed by atoms with Gasteiger partial charge in [0, 0.05) is 24.7 Å². The lowest BCUT2D eigenvalue weighted by molar-refractivity contribution is 0.473. The van der Waals surface area contributed by atoms with Crippen molar-refractivity contribution in [1.82, 2.24) is 20.3 Å². The summed E-state index contributed by atoms with van der Waals surface area (Å²) in [7, 11) is 1.63. The van der Waals surface area contributed by atoms with Crippen LogP contribution in [0.4, 0.5) is 13.2 Å². The van der Waals surface area contributed by atoms with Crippen LogP contribution in [0.25, 0.3) is 0 Å². The molecule has 0 fully saturated rings. The molecule has 108 valence electrons. The number of rotatable bonds is 5. The highest BCUT2D eigenvalue weighted by molar-refractivity contribution is 5.30. The molecule has 0 amide bonds. The van der Waals surface area contributed by atoms with Gasteiger partial charge in [-0.2, -0.15) is 0 Å². The van der Waals surface area contributed by atoms with E-state index in [1.54, 1.807) is 7.05 Å². The summed E-state index contributed by atoms with van der Waals surface area (Å²) >= 11 is 0. The molecule has 1 heterocycles. The highest BCUT2D eigenvalue weighted by Crippen LogP contribution is 2.27. The fraction of sp³-hybridized carbons (Fsp3) is 0.385. The topological polar surface area (TPSA) is 42.7 Å². The van der Waals surface area contributed by atoms with Gasteiger partial charge < -0.3 is 5.32 Å². The number of nitrogens with one attached hydrogen (secondary N) is 1. The van der Waals surface area contributed by atoms with Crippen molar-refractivity contribution in [3.63, 3.8) is 0 Å². The first-order chi connectivity index (χ1) is 9.54. The highest BCUT2D eigenvalue weighted by atomic mass is 19.1. The third-order valence-corrected chi connectivity index (χ3v) is 2.98. The standard InChI is InChI=1S/C13H15F3N4/c1-3-4-17-13(11-7-18-19-20(11)2)12-9(15)5-8(14)6-10(12)16/h5-7,13,17H,3-4H2,1-2H3. The highest BCUT2D eigenvalue weighted by Gasteiger charge is 2.25. The Morgan fingerprint density at radius 2 is 1.90 bits per heavy atom. The molecule has 0 bridgehead atoms. The Balaban J connectivity index is 2.50. The molecule has 1 atom stereocenters. The molecule has 0 aliphatic rings. The van der Waals surface area contributed by atoms with E-state index in [-0.39, 0.29) is 5.56 Å². The molecule has 1 aromatic carbocycles. The van der Waals surface area contributed by atoms with Gasteiger partial charge in [-0.05, 0) is 13.0 Å². The van der Waals surface area contributed by atoms with Gasteiger partial charge in [0.25, 0.3) is 0 Å². The maximum atomic E-state index is 13.9. The molecular formula is C13H15F3N4. The van der Waals surface area contributed by atoms with E-state index >= 15 is 0 Å². The summed E-state index contributed by atoms with van der Waals surface area (Å²) in [5, 5.41) is 10.5. The molecule has 1 unspecified atom stereocenters. The van der Waals surface area contributed by atoms with Crippen LogP contribution >= 0.6 is 0 Å². The Hall–Kier alpha value is -1.89. The zero-order chi connectivity index (χ0) is 14.7. The Morgan fingerprint density at radius 3 is 2.40 bits per heavy atom. The summed E-state index contributed by atoms with van der Waals surface area (Å²) in [6.07, 6.45) is 2.21. The number of halogens is 3. The largest absolute Gasteiger partial charge is 0.305 e. The normalized spacial score (nSPS) is 12.7. The van der Waals surface area contributed by atoms with Crippen molar-refractivity contribution in [2.75, 3.05) is 6.54 Å². The van der Waals surface area contributed by atoms with Crippen LogP contribution in [0.1, 0.15) is 30.6 Å². The minimum Gasteiger partial charge on any atom is -0.305 e. The number of hydrogen-bond donors (Lipinski definition) is 1. The summed E-state index contributed by atoms with van der Waals surface area (Å²) in [5.41, 5.74) is 0.271. The van der Waals surface area contributed by atoms with E-state index in [4.69, 9.17) is 0 Å². The molecule has 0 aliphatic heterocycles. The molecule has 0 saturated heterocycles. The summed E-state index contributed by atoms with van der Waals surface area (Å²) in [4.78, 5) is 0. The SMILES string of the molecule is CCCNC(c1c(F)cc(F)cc1F)c1cnnn1C. The van der Waals surface area contributed by atoms with Crippen LogP contribution in [0.2, 0.25) is 0 Å². The van der Waals surface area contributed by atoms with Crippen LogP contribution < -0.4 is 5.32 Å². The minimum absolute atomic E-state index is 0.231. The monoisotopic (exact) mass is 284 g/mol. The van der Waals surface area contributed by atoms with Gasteiger partial charge >= 0.3 is 0 Å². The Labute approximate surface area is 114 Å². The molecule has 7 heteroatoms. The van der Waals surface area contributed by atoms with E-state index in [1.807, 2.05) is 6.92 Å². The Morgan fingerprint density at radius 1 is 1.25 bits per heavy atom. The molecule has 0 aliphatic carbocycles. The van der Waals surface area contributed by atoms with Gasteiger partial charge in [0.05, 0.1) is 17.9 Å². The first-order valence-electron chi connectivity index (χ1n) is 6.27. The van der Waals surface area contributed by atoms with Crippen molar-refractivity contribution in [2.45, 2.75) is 19.4 Å². The van der Waals surface area contributed by atoms with Crippen molar-refractivity contribution in [3.8, 4) is 0 Å². The lowest BCUT2D eigenvalue weighted by Gasteiger charge is -2.20. The maximum Gasteiger partial charge on any atom is 0.134 e. The van der Waals surface area contributed by atoms with Gasteiger partial charge in [-0.1, -0.05) is 12.1 Å². The van der Waals surface area contributed by atoms with E-state index in [0.717, 1.165) is 6.42 Å². The van der Waals surface area contributed by atoms with Crippen LogP contribution in [0.15, 0.2) is 18.3 Å². The zero-order valence-electron chi connectivity index (χ0n) is 11.2. The van der Waals surface area contributed by atoms with Gasteiger partial charge in [-0.15, -0.1) is 5.10 Å². The lowest BCUT2D eigenvalue weighted by Crippen LogP contribution is -2.27. The summed E-state index contributed by atoms with van der Waals surface area (Å²) in [6.45, 7) is 2.48. The molecule has 0 saturated carbocycles. The number of nitrogens with zero attached hydrogens (tertiary/aromatic N) is 3. The number of hydrogen-bond acceptors (Lipinski definition) is 3. The fourth-order valence-corrected chi connectivity index (χ4v) is 2.03. The Kier molecular flexibility index (Phi) is 4.39. The Bertz CT molecular complexity index is 574. The van der Waals surface area contributed by atoms with Gasteiger partial charge in [0.15, 0.2) is 0 Å². The number of aryl methyl sites for hydroxylation is 1. The van der Waals surface area contributed by atoms with Crippen molar-refractivity contribution in [3.05, 3.63) is 47.0 Å². The van der Waals surface area contributed by atoms with E-state index in [2.05, 4.69) is 15.6 Å². The molecule has 1 aromatic heterocycles. The molecule has 0 spiro atoms. The molecule has 1 N–H and O–H groups in total. The predicted molar refractivity (Wildman–Crippen MR) is 67.5 cm³/mol. The molecular weight excluding hydrogens is 269 g/mol. The molecule has 4 nitrogen and oxygen atoms in total. The number of benzene rings is 1. The second-order valence-corrected chi connectivity index (χ2v) is 4.45. The van der Waals surface area contributed by atoms with Crippen LogP contribution in [0, 0.1) is 17.5 Å². The summed E-state index contributed by atoms with van der Waals surface area (Å²) < 4.78 is 42.3. The van der Waals surface area contributed by atoms with Gasteiger partial charge in [0.1, 0.15) is 17.5 Å². The second-order valence-electron chi connectivity index (χ2n) is 4.45. The van der Waals surface area contributed by atoms with Crippen LogP contribution in [-0.4, -0.2) is 21.5 Å². The van der Waals surface area contributed by atoms with Crippen molar-refractivity contribution in [2.24, 2.45) is 7.05 Å². The van der Waals surface area contributed by atoms with Crippen molar-refractivity contribution >= 4 is 0 Å². The van der Waals surface area contributed by atoms with Crippen molar-refractivity contribution < 1.29 is 13.2 Å². The first kappa shape index (κ1) is 14.5. The quantitative estimate of drug-likeness (QED) is 0.916. The minimum atomic E-state index is -0.943. The van der Waals surface area contributed by atoms with Crippen LogP contribution in [0.5, 0.6) is 0 Å². The van der Waals surface area contributed by atoms with Crippen LogP contribution in [0.3, 0.4) is 0 Å². The maximum absolute atomic E-state index is 13.9. The first-order valence-corrected chi connectivity index (χ1v) is 6.27.